The smallest absolute Gasteiger partial charge is 0.333 e. The summed E-state index contributed by atoms with van der Waals surface area (Å²) in [6.07, 6.45) is 0.675. The fourth-order valence-electron chi connectivity index (χ4n) is 1.03. The fourth-order valence-corrected chi connectivity index (χ4v) is 1.03. The number of hydrogen-bond donors (Lipinski definition) is 0. The lowest BCUT2D eigenvalue weighted by molar-refractivity contribution is -0.154. The lowest BCUT2D eigenvalue weighted by atomic mass is 10.1. The van der Waals surface area contributed by atoms with Gasteiger partial charge in [-0.3, -0.25) is 9.59 Å². The molecule has 0 aromatic heterocycles. The zero-order valence-corrected chi connectivity index (χ0v) is 12.3. The van der Waals surface area contributed by atoms with Crippen LogP contribution in [0.25, 0.3) is 0 Å². The molecule has 0 spiro atoms. The highest BCUT2D eigenvalue weighted by atomic mass is 16.6. The molecule has 0 radical (unpaired) electrons. The van der Waals surface area contributed by atoms with Crippen molar-refractivity contribution in [2.75, 3.05) is 19.8 Å². The highest BCUT2D eigenvalue weighted by molar-refractivity contribution is 5.86. The summed E-state index contributed by atoms with van der Waals surface area (Å²) >= 11 is 0. The van der Waals surface area contributed by atoms with E-state index >= 15 is 0 Å². The topological polar surface area (TPSA) is 78.9 Å². The van der Waals surface area contributed by atoms with E-state index < -0.39 is 11.9 Å². The number of ether oxygens (including phenoxy) is 3. The molecule has 0 saturated carbocycles. The van der Waals surface area contributed by atoms with Gasteiger partial charge in [-0.15, -0.1) is 0 Å². The molecule has 6 heteroatoms. The van der Waals surface area contributed by atoms with E-state index in [1.54, 1.807) is 6.92 Å². The first-order valence-corrected chi connectivity index (χ1v) is 6.53. The Morgan fingerprint density at radius 2 is 1.65 bits per heavy atom. The third-order valence-electron chi connectivity index (χ3n) is 2.49. The minimum Gasteiger partial charge on any atom is -0.465 e. The second-order valence-electron chi connectivity index (χ2n) is 4.36. The predicted octanol–water partition coefficient (Wildman–Crippen LogP) is 1.63. The van der Waals surface area contributed by atoms with E-state index in [0.29, 0.717) is 6.42 Å². The molecule has 0 aromatic rings. The van der Waals surface area contributed by atoms with Gasteiger partial charge >= 0.3 is 17.9 Å². The molecule has 0 saturated heterocycles. The number of hydrogen-bond acceptors (Lipinski definition) is 6. The molecule has 0 heterocycles. The first kappa shape index (κ1) is 18.1. The van der Waals surface area contributed by atoms with Gasteiger partial charge in [-0.1, -0.05) is 20.4 Å². The Morgan fingerprint density at radius 1 is 1.05 bits per heavy atom. The van der Waals surface area contributed by atoms with E-state index in [2.05, 4.69) is 6.58 Å². The van der Waals surface area contributed by atoms with Crippen LogP contribution in [0.1, 0.15) is 33.6 Å². The van der Waals surface area contributed by atoms with E-state index in [1.165, 1.54) is 6.92 Å². The molecule has 0 rings (SSSR count). The molecule has 0 aliphatic heterocycles. The van der Waals surface area contributed by atoms with Crippen LogP contribution in [0.4, 0.5) is 0 Å². The standard InChI is InChI=1S/C14H22O6/c1-5-11(4)14(17)19-7-6-12(15)18-8-9-20-13(16)10(2)3/h11H,2,5-9H2,1,3-4H3. The van der Waals surface area contributed by atoms with Crippen LogP contribution in [-0.2, 0) is 28.6 Å². The van der Waals surface area contributed by atoms with Crippen LogP contribution in [0.5, 0.6) is 0 Å². The molecule has 1 unspecified atom stereocenters. The summed E-state index contributed by atoms with van der Waals surface area (Å²) in [6.45, 7) is 8.53. The number of carbonyl (C=O) groups is 3. The second-order valence-corrected chi connectivity index (χ2v) is 4.36. The van der Waals surface area contributed by atoms with Crippen LogP contribution in [0.15, 0.2) is 12.2 Å². The van der Waals surface area contributed by atoms with E-state index in [1.807, 2.05) is 6.92 Å². The van der Waals surface area contributed by atoms with Gasteiger partial charge in [0.25, 0.3) is 0 Å². The Hall–Kier alpha value is -1.85. The quantitative estimate of drug-likeness (QED) is 0.277. The summed E-state index contributed by atoms with van der Waals surface area (Å²) in [5.74, 6) is -1.53. The van der Waals surface area contributed by atoms with Crippen LogP contribution in [0.2, 0.25) is 0 Å². The third-order valence-corrected chi connectivity index (χ3v) is 2.49. The summed E-state index contributed by atoms with van der Waals surface area (Å²) in [7, 11) is 0. The summed E-state index contributed by atoms with van der Waals surface area (Å²) in [4.78, 5) is 33.6. The van der Waals surface area contributed by atoms with E-state index in [4.69, 9.17) is 14.2 Å². The normalized spacial score (nSPS) is 11.3. The van der Waals surface area contributed by atoms with Gasteiger partial charge in [0.2, 0.25) is 0 Å². The predicted molar refractivity (Wildman–Crippen MR) is 71.8 cm³/mol. The van der Waals surface area contributed by atoms with Crippen LogP contribution >= 0.6 is 0 Å². The molecular formula is C14H22O6. The van der Waals surface area contributed by atoms with Crippen molar-refractivity contribution in [3.63, 3.8) is 0 Å². The van der Waals surface area contributed by atoms with Crippen molar-refractivity contribution < 1.29 is 28.6 Å². The largest absolute Gasteiger partial charge is 0.465 e. The maximum absolute atomic E-state index is 11.3. The minimum absolute atomic E-state index is 0.00639. The first-order valence-electron chi connectivity index (χ1n) is 6.53. The minimum atomic E-state index is -0.525. The number of rotatable bonds is 9. The summed E-state index contributed by atoms with van der Waals surface area (Å²) in [5, 5.41) is 0. The first-order chi connectivity index (χ1) is 9.38. The fraction of sp³-hybridized carbons (Fsp3) is 0.643. The molecule has 0 fully saturated rings. The number of carbonyl (C=O) groups excluding carboxylic acids is 3. The van der Waals surface area contributed by atoms with Crippen LogP contribution in [0.3, 0.4) is 0 Å². The molecule has 20 heavy (non-hydrogen) atoms. The highest BCUT2D eigenvalue weighted by Gasteiger charge is 2.13. The highest BCUT2D eigenvalue weighted by Crippen LogP contribution is 2.03. The second kappa shape index (κ2) is 10.00. The summed E-state index contributed by atoms with van der Waals surface area (Å²) in [5.41, 5.74) is 0.285. The van der Waals surface area contributed by atoms with E-state index in [9.17, 15) is 14.4 Å². The van der Waals surface area contributed by atoms with Crippen molar-refractivity contribution in [1.29, 1.82) is 0 Å². The van der Waals surface area contributed by atoms with Crippen molar-refractivity contribution in [2.24, 2.45) is 5.92 Å². The Balaban J connectivity index is 3.63. The van der Waals surface area contributed by atoms with Gasteiger partial charge in [-0.25, -0.2) is 4.79 Å². The van der Waals surface area contributed by atoms with E-state index in [0.717, 1.165) is 0 Å². The molecule has 0 aromatic carbocycles. The van der Waals surface area contributed by atoms with Gasteiger partial charge in [-0.05, 0) is 13.3 Å². The zero-order valence-electron chi connectivity index (χ0n) is 12.3. The van der Waals surface area contributed by atoms with Gasteiger partial charge in [0.05, 0.1) is 12.3 Å². The SMILES string of the molecule is C=C(C)C(=O)OCCOC(=O)CCOC(=O)C(C)CC. The summed E-state index contributed by atoms with van der Waals surface area (Å²) < 4.78 is 14.4. The summed E-state index contributed by atoms with van der Waals surface area (Å²) in [6, 6.07) is 0. The molecule has 0 bridgehead atoms. The Kier molecular flexibility index (Phi) is 9.07. The van der Waals surface area contributed by atoms with Crippen molar-refractivity contribution >= 4 is 17.9 Å². The Labute approximate surface area is 119 Å². The Morgan fingerprint density at radius 3 is 2.20 bits per heavy atom. The molecule has 0 aliphatic carbocycles. The molecule has 1 atom stereocenters. The van der Waals surface area contributed by atoms with Crippen molar-refractivity contribution in [3.05, 3.63) is 12.2 Å². The number of esters is 3. The maximum atomic E-state index is 11.3. The van der Waals surface area contributed by atoms with Gasteiger partial charge in [0.15, 0.2) is 0 Å². The van der Waals surface area contributed by atoms with Crippen molar-refractivity contribution in [2.45, 2.75) is 33.6 Å². The average molecular weight is 286 g/mol. The molecule has 0 N–H and O–H groups in total. The van der Waals surface area contributed by atoms with Gasteiger partial charge in [0.1, 0.15) is 19.8 Å². The Bertz CT molecular complexity index is 361. The molecule has 0 amide bonds. The molecule has 6 nitrogen and oxygen atoms in total. The zero-order chi connectivity index (χ0) is 15.5. The van der Waals surface area contributed by atoms with Crippen LogP contribution in [0, 0.1) is 5.92 Å². The lowest BCUT2D eigenvalue weighted by Gasteiger charge is -2.09. The van der Waals surface area contributed by atoms with Gasteiger partial charge in [0, 0.05) is 5.57 Å². The van der Waals surface area contributed by atoms with E-state index in [-0.39, 0.29) is 43.7 Å². The monoisotopic (exact) mass is 286 g/mol. The molecule has 114 valence electrons. The third kappa shape index (κ3) is 8.29. The maximum Gasteiger partial charge on any atom is 0.333 e. The lowest BCUT2D eigenvalue weighted by Crippen LogP contribution is -2.18. The van der Waals surface area contributed by atoms with Gasteiger partial charge in [-0.2, -0.15) is 0 Å². The van der Waals surface area contributed by atoms with Crippen molar-refractivity contribution in [1.82, 2.24) is 0 Å². The van der Waals surface area contributed by atoms with Crippen molar-refractivity contribution in [3.8, 4) is 0 Å². The molecular weight excluding hydrogens is 264 g/mol. The van der Waals surface area contributed by atoms with Crippen LogP contribution in [-0.4, -0.2) is 37.7 Å². The van der Waals surface area contributed by atoms with Gasteiger partial charge < -0.3 is 14.2 Å². The molecule has 0 aliphatic rings. The van der Waals surface area contributed by atoms with Crippen LogP contribution < -0.4 is 0 Å². The average Bonchev–Trinajstić information content (AvgIpc) is 2.41.